The number of aliphatic hydroxyl groups is 1. The molecule has 5 saturated carbocycles. The number of hydrogen-bond donors (Lipinski definition) is 1. The Morgan fingerprint density at radius 2 is 1.29 bits per heavy atom. The topological polar surface area (TPSA) is 20.2 Å². The van der Waals surface area contributed by atoms with E-state index in [1.807, 2.05) is 0 Å². The van der Waals surface area contributed by atoms with Crippen molar-refractivity contribution in [1.29, 1.82) is 0 Å². The van der Waals surface area contributed by atoms with Gasteiger partial charge >= 0.3 is 0 Å². The Bertz CT molecular complexity index is 711. The standard InChI is InChI=1S/C30H52O/c1-20(19-31)21-11-16-27(4)22(21)12-17-29(6)24(27)9-10-25-28(5)15-8-14-26(2,3)23(28)13-18-30(25,29)7/h20-25,31H,8-19H2,1-7H3/t20-,21-,22+,23+,24-,25-,27+,28+,29-,30-/m1/s1. The molecular weight excluding hydrogens is 376 g/mol. The van der Waals surface area contributed by atoms with Crippen LogP contribution in [0.4, 0.5) is 0 Å². The van der Waals surface area contributed by atoms with E-state index in [0.29, 0.717) is 39.6 Å². The average Bonchev–Trinajstić information content (AvgIpc) is 3.04. The molecular formula is C30H52O. The van der Waals surface area contributed by atoms with Crippen LogP contribution >= 0.6 is 0 Å². The van der Waals surface area contributed by atoms with Gasteiger partial charge in [-0.05, 0) is 127 Å². The van der Waals surface area contributed by atoms with Crippen molar-refractivity contribution in [1.82, 2.24) is 0 Å². The van der Waals surface area contributed by atoms with Gasteiger partial charge in [0.05, 0.1) is 0 Å². The van der Waals surface area contributed by atoms with E-state index >= 15 is 0 Å². The predicted octanol–water partition coefficient (Wildman–Crippen LogP) is 8.11. The molecule has 0 aromatic rings. The second-order valence-corrected chi connectivity index (χ2v) is 15.0. The minimum Gasteiger partial charge on any atom is -0.396 e. The summed E-state index contributed by atoms with van der Waals surface area (Å²) in [4.78, 5) is 0. The van der Waals surface area contributed by atoms with Crippen LogP contribution in [-0.4, -0.2) is 11.7 Å². The third-order valence-corrected chi connectivity index (χ3v) is 13.8. The molecule has 5 rings (SSSR count). The van der Waals surface area contributed by atoms with Gasteiger partial charge in [0.25, 0.3) is 0 Å². The molecule has 0 aromatic carbocycles. The molecule has 0 aliphatic heterocycles. The lowest BCUT2D eigenvalue weighted by Crippen LogP contribution is -2.65. The van der Waals surface area contributed by atoms with Crippen molar-refractivity contribution in [3.05, 3.63) is 0 Å². The quantitative estimate of drug-likeness (QED) is 0.471. The predicted molar refractivity (Wildman–Crippen MR) is 131 cm³/mol. The zero-order chi connectivity index (χ0) is 22.4. The van der Waals surface area contributed by atoms with Crippen molar-refractivity contribution in [2.75, 3.05) is 6.61 Å². The van der Waals surface area contributed by atoms with E-state index in [1.165, 1.54) is 70.6 Å². The molecule has 1 heteroatoms. The lowest BCUT2D eigenvalue weighted by Gasteiger charge is -2.73. The molecule has 178 valence electrons. The van der Waals surface area contributed by atoms with Crippen molar-refractivity contribution >= 4 is 0 Å². The van der Waals surface area contributed by atoms with Crippen LogP contribution in [0.2, 0.25) is 0 Å². The average molecular weight is 429 g/mol. The fraction of sp³-hybridized carbons (Fsp3) is 1.00. The van der Waals surface area contributed by atoms with Crippen molar-refractivity contribution < 1.29 is 5.11 Å². The van der Waals surface area contributed by atoms with Gasteiger partial charge in [-0.2, -0.15) is 0 Å². The van der Waals surface area contributed by atoms with Crippen LogP contribution in [0.15, 0.2) is 0 Å². The van der Waals surface area contributed by atoms with Gasteiger partial charge in [-0.3, -0.25) is 0 Å². The molecule has 0 bridgehead atoms. The number of fused-ring (bicyclic) bond motifs is 7. The Morgan fingerprint density at radius 1 is 0.677 bits per heavy atom. The maximum Gasteiger partial charge on any atom is 0.0459 e. The molecule has 0 spiro atoms. The van der Waals surface area contributed by atoms with Crippen LogP contribution in [0.5, 0.6) is 0 Å². The highest BCUT2D eigenvalue weighted by Gasteiger charge is 2.70. The summed E-state index contributed by atoms with van der Waals surface area (Å²) in [6, 6.07) is 0. The van der Waals surface area contributed by atoms with Gasteiger partial charge in [-0.15, -0.1) is 0 Å². The van der Waals surface area contributed by atoms with Gasteiger partial charge < -0.3 is 5.11 Å². The monoisotopic (exact) mass is 428 g/mol. The van der Waals surface area contributed by atoms with Crippen LogP contribution in [-0.2, 0) is 0 Å². The Balaban J connectivity index is 1.50. The van der Waals surface area contributed by atoms with E-state index in [9.17, 15) is 5.11 Å². The largest absolute Gasteiger partial charge is 0.396 e. The highest BCUT2D eigenvalue weighted by molar-refractivity contribution is 5.19. The first-order valence-electron chi connectivity index (χ1n) is 14.0. The first-order chi connectivity index (χ1) is 14.4. The van der Waals surface area contributed by atoms with Gasteiger partial charge in [0, 0.05) is 6.61 Å². The highest BCUT2D eigenvalue weighted by atomic mass is 16.3. The Hall–Kier alpha value is -0.0400. The van der Waals surface area contributed by atoms with Crippen LogP contribution in [0.3, 0.4) is 0 Å². The summed E-state index contributed by atoms with van der Waals surface area (Å²) in [5, 5.41) is 9.93. The Kier molecular flexibility index (Phi) is 5.13. The summed E-state index contributed by atoms with van der Waals surface area (Å²) in [6.45, 7) is 18.9. The van der Waals surface area contributed by atoms with Crippen molar-refractivity contribution in [3.63, 3.8) is 0 Å². The van der Waals surface area contributed by atoms with E-state index in [4.69, 9.17) is 0 Å². The molecule has 0 radical (unpaired) electrons. The van der Waals surface area contributed by atoms with Crippen LogP contribution in [0.1, 0.15) is 119 Å². The smallest absolute Gasteiger partial charge is 0.0459 e. The third-order valence-electron chi connectivity index (χ3n) is 13.8. The molecule has 5 aliphatic rings. The zero-order valence-corrected chi connectivity index (χ0v) is 21.9. The maximum atomic E-state index is 9.93. The molecule has 1 nitrogen and oxygen atoms in total. The van der Waals surface area contributed by atoms with Crippen LogP contribution < -0.4 is 0 Å². The molecule has 0 amide bonds. The minimum absolute atomic E-state index is 0.383. The number of aliphatic hydroxyl groups excluding tert-OH is 1. The van der Waals surface area contributed by atoms with Gasteiger partial charge in [-0.25, -0.2) is 0 Å². The van der Waals surface area contributed by atoms with Crippen LogP contribution in [0.25, 0.3) is 0 Å². The second-order valence-electron chi connectivity index (χ2n) is 15.0. The van der Waals surface area contributed by atoms with Crippen molar-refractivity contribution in [2.24, 2.45) is 62.6 Å². The number of hydrogen-bond acceptors (Lipinski definition) is 1. The molecule has 5 fully saturated rings. The maximum absolute atomic E-state index is 9.93. The van der Waals surface area contributed by atoms with Gasteiger partial charge in [0.2, 0.25) is 0 Å². The minimum atomic E-state index is 0.383. The lowest BCUT2D eigenvalue weighted by atomic mass is 9.32. The third kappa shape index (κ3) is 2.77. The summed E-state index contributed by atoms with van der Waals surface area (Å²) < 4.78 is 0. The molecule has 0 saturated heterocycles. The molecule has 0 heterocycles. The highest BCUT2D eigenvalue weighted by Crippen LogP contribution is 2.78. The van der Waals surface area contributed by atoms with Gasteiger partial charge in [0.15, 0.2) is 0 Å². The normalized spacial score (nSPS) is 56.7. The molecule has 5 aliphatic carbocycles. The second kappa shape index (κ2) is 6.99. The van der Waals surface area contributed by atoms with Crippen molar-refractivity contribution in [2.45, 2.75) is 119 Å². The summed E-state index contributed by atoms with van der Waals surface area (Å²) >= 11 is 0. The Labute approximate surface area is 193 Å². The lowest BCUT2D eigenvalue weighted by molar-refractivity contribution is -0.241. The summed E-state index contributed by atoms with van der Waals surface area (Å²) in [7, 11) is 0. The molecule has 10 atom stereocenters. The molecule has 31 heavy (non-hydrogen) atoms. The molecule has 0 unspecified atom stereocenters. The summed E-state index contributed by atoms with van der Waals surface area (Å²) in [6.07, 6.45) is 16.0. The van der Waals surface area contributed by atoms with E-state index in [-0.39, 0.29) is 0 Å². The number of rotatable bonds is 2. The van der Waals surface area contributed by atoms with E-state index in [2.05, 4.69) is 48.5 Å². The fourth-order valence-electron chi connectivity index (χ4n) is 12.2. The van der Waals surface area contributed by atoms with E-state index in [1.54, 1.807) is 0 Å². The van der Waals surface area contributed by atoms with E-state index < -0.39 is 0 Å². The molecule has 0 aromatic heterocycles. The van der Waals surface area contributed by atoms with Crippen LogP contribution in [0, 0.1) is 62.6 Å². The fourth-order valence-corrected chi connectivity index (χ4v) is 12.2. The van der Waals surface area contributed by atoms with Gasteiger partial charge in [-0.1, -0.05) is 54.9 Å². The summed E-state index contributed by atoms with van der Waals surface area (Å²) in [5.74, 6) is 4.86. The molecule has 1 N–H and O–H groups in total. The van der Waals surface area contributed by atoms with Gasteiger partial charge in [0.1, 0.15) is 0 Å². The SMILES string of the molecule is C[C@H](CO)[C@H]1CC[C@]2(C)[C@H]3CC[C@@H]4[C@@]5(C)CCCC(C)(C)[C@@H]5CC[C@@]4(C)[C@]3(C)CC[C@@H]12. The first kappa shape index (κ1) is 22.7. The summed E-state index contributed by atoms with van der Waals surface area (Å²) in [5.41, 5.74) is 2.63. The Morgan fingerprint density at radius 3 is 1.94 bits per heavy atom. The van der Waals surface area contributed by atoms with E-state index in [0.717, 1.165) is 29.6 Å². The van der Waals surface area contributed by atoms with Crippen molar-refractivity contribution in [3.8, 4) is 0 Å². The zero-order valence-electron chi connectivity index (χ0n) is 21.9. The first-order valence-corrected chi connectivity index (χ1v) is 14.0.